The maximum atomic E-state index is 9.56. The largest absolute Gasteiger partial charge is 0.496 e. The van der Waals surface area contributed by atoms with Crippen molar-refractivity contribution in [1.82, 2.24) is 0 Å². The fourth-order valence-corrected chi connectivity index (χ4v) is 2.74. The zero-order chi connectivity index (χ0) is 13.2. The predicted molar refractivity (Wildman–Crippen MR) is 74.2 cm³/mol. The van der Waals surface area contributed by atoms with Crippen molar-refractivity contribution in [3.63, 3.8) is 0 Å². The van der Waals surface area contributed by atoms with Crippen molar-refractivity contribution in [3.8, 4) is 5.75 Å². The van der Waals surface area contributed by atoms with Crippen LogP contribution in [0.3, 0.4) is 0 Å². The molecule has 1 aliphatic rings. The van der Waals surface area contributed by atoms with E-state index >= 15 is 0 Å². The molecule has 1 N–H and O–H groups in total. The van der Waals surface area contributed by atoms with Crippen molar-refractivity contribution in [2.24, 2.45) is 5.41 Å². The number of hydrogen-bond donors (Lipinski definition) is 1. The minimum absolute atomic E-state index is 0.118. The molecule has 0 saturated heterocycles. The molecule has 0 aliphatic heterocycles. The first-order valence-electron chi connectivity index (χ1n) is 6.88. The van der Waals surface area contributed by atoms with Crippen molar-refractivity contribution in [2.45, 2.75) is 45.4 Å². The van der Waals surface area contributed by atoms with Crippen LogP contribution in [0.15, 0.2) is 18.2 Å². The Morgan fingerprint density at radius 2 is 2.06 bits per heavy atom. The first-order valence-corrected chi connectivity index (χ1v) is 6.88. The first-order chi connectivity index (χ1) is 8.60. The van der Waals surface area contributed by atoms with E-state index in [2.05, 4.69) is 32.0 Å². The van der Waals surface area contributed by atoms with E-state index in [-0.39, 0.29) is 5.41 Å². The summed E-state index contributed by atoms with van der Waals surface area (Å²) < 4.78 is 5.51. The molecule has 0 radical (unpaired) electrons. The van der Waals surface area contributed by atoms with Gasteiger partial charge in [0.1, 0.15) is 5.75 Å². The van der Waals surface area contributed by atoms with Gasteiger partial charge in [0.25, 0.3) is 0 Å². The maximum absolute atomic E-state index is 9.56. The molecule has 1 aromatic rings. The summed E-state index contributed by atoms with van der Waals surface area (Å²) in [5, 5.41) is 9.56. The van der Waals surface area contributed by atoms with Crippen molar-refractivity contribution >= 4 is 0 Å². The van der Waals surface area contributed by atoms with E-state index in [0.29, 0.717) is 12.5 Å². The third-order valence-electron chi connectivity index (χ3n) is 4.29. The van der Waals surface area contributed by atoms with Gasteiger partial charge in [0.15, 0.2) is 0 Å². The van der Waals surface area contributed by atoms with E-state index in [1.807, 2.05) is 0 Å². The molecule has 1 aliphatic carbocycles. The molecule has 100 valence electrons. The van der Waals surface area contributed by atoms with Crippen LogP contribution in [0.25, 0.3) is 0 Å². The van der Waals surface area contributed by atoms with Crippen LogP contribution in [0.1, 0.15) is 50.2 Å². The second kappa shape index (κ2) is 5.31. The summed E-state index contributed by atoms with van der Waals surface area (Å²) >= 11 is 0. The summed E-state index contributed by atoms with van der Waals surface area (Å²) in [5.41, 5.74) is 2.66. The van der Waals surface area contributed by atoms with Crippen molar-refractivity contribution < 1.29 is 9.84 Å². The molecular weight excluding hydrogens is 224 g/mol. The molecule has 1 aromatic carbocycles. The zero-order valence-corrected chi connectivity index (χ0v) is 11.7. The Labute approximate surface area is 110 Å². The van der Waals surface area contributed by atoms with Crippen LogP contribution in [0.4, 0.5) is 0 Å². The van der Waals surface area contributed by atoms with Crippen LogP contribution in [0.2, 0.25) is 0 Å². The zero-order valence-electron chi connectivity index (χ0n) is 11.7. The molecule has 0 atom stereocenters. The normalized spacial score (nSPS) is 17.6. The van der Waals surface area contributed by atoms with Gasteiger partial charge in [0.05, 0.1) is 7.11 Å². The Balaban J connectivity index is 2.22. The van der Waals surface area contributed by atoms with Gasteiger partial charge in [0, 0.05) is 6.61 Å². The van der Waals surface area contributed by atoms with Crippen LogP contribution >= 0.6 is 0 Å². The third-order valence-corrected chi connectivity index (χ3v) is 4.29. The second-order valence-corrected chi connectivity index (χ2v) is 5.91. The lowest BCUT2D eigenvalue weighted by Crippen LogP contribution is -2.35. The van der Waals surface area contributed by atoms with E-state index in [9.17, 15) is 5.11 Å². The Bertz CT molecular complexity index is 400. The molecule has 1 saturated carbocycles. The van der Waals surface area contributed by atoms with Gasteiger partial charge in [0.2, 0.25) is 0 Å². The monoisotopic (exact) mass is 248 g/mol. The van der Waals surface area contributed by atoms with Crippen molar-refractivity contribution in [1.29, 1.82) is 0 Å². The number of benzene rings is 1. The molecule has 0 amide bonds. The summed E-state index contributed by atoms with van der Waals surface area (Å²) in [6.07, 6.45) is 4.45. The van der Waals surface area contributed by atoms with E-state index in [0.717, 1.165) is 25.0 Å². The lowest BCUT2D eigenvalue weighted by atomic mass is 9.66. The highest BCUT2D eigenvalue weighted by Crippen LogP contribution is 2.44. The van der Waals surface area contributed by atoms with E-state index in [1.165, 1.54) is 17.5 Å². The molecular formula is C16H24O2. The van der Waals surface area contributed by atoms with Gasteiger partial charge < -0.3 is 9.84 Å². The number of ether oxygens (including phenoxy) is 1. The minimum Gasteiger partial charge on any atom is -0.496 e. The van der Waals surface area contributed by atoms with Crippen molar-refractivity contribution in [2.75, 3.05) is 13.7 Å². The SMILES string of the molecule is COc1cc(C(C)C)ccc1CC1(CO)CCC1. The number of methoxy groups -OCH3 is 1. The Morgan fingerprint density at radius 1 is 1.33 bits per heavy atom. The fraction of sp³-hybridized carbons (Fsp3) is 0.625. The third kappa shape index (κ3) is 2.54. The lowest BCUT2D eigenvalue weighted by molar-refractivity contribution is 0.0445. The number of aliphatic hydroxyl groups is 1. The topological polar surface area (TPSA) is 29.5 Å². The molecule has 2 heteroatoms. The van der Waals surface area contributed by atoms with Gasteiger partial charge in [-0.2, -0.15) is 0 Å². The number of hydrogen-bond acceptors (Lipinski definition) is 2. The standard InChI is InChI=1S/C16H24O2/c1-12(2)13-5-6-14(15(9-13)18-3)10-16(11-17)7-4-8-16/h5-6,9,12,17H,4,7-8,10-11H2,1-3H3. The molecule has 2 rings (SSSR count). The average molecular weight is 248 g/mol. The van der Waals surface area contributed by atoms with Gasteiger partial charge in [-0.25, -0.2) is 0 Å². The summed E-state index contributed by atoms with van der Waals surface area (Å²) in [6.45, 7) is 4.67. The van der Waals surface area contributed by atoms with Gasteiger partial charge in [-0.3, -0.25) is 0 Å². The molecule has 1 fully saturated rings. The molecule has 18 heavy (non-hydrogen) atoms. The first kappa shape index (κ1) is 13.4. The second-order valence-electron chi connectivity index (χ2n) is 5.91. The molecule has 0 spiro atoms. The average Bonchev–Trinajstić information content (AvgIpc) is 2.33. The van der Waals surface area contributed by atoms with E-state index in [4.69, 9.17) is 4.74 Å². The summed E-state index contributed by atoms with van der Waals surface area (Å²) in [4.78, 5) is 0. The quantitative estimate of drug-likeness (QED) is 0.864. The maximum Gasteiger partial charge on any atom is 0.122 e. The predicted octanol–water partition coefficient (Wildman–Crippen LogP) is 3.52. The molecule has 0 bridgehead atoms. The summed E-state index contributed by atoms with van der Waals surface area (Å²) in [5.74, 6) is 1.49. The Kier molecular flexibility index (Phi) is 3.96. The van der Waals surface area contributed by atoms with Crippen LogP contribution in [-0.2, 0) is 6.42 Å². The highest BCUT2D eigenvalue weighted by molar-refractivity contribution is 5.39. The molecule has 0 heterocycles. The van der Waals surface area contributed by atoms with Crippen LogP contribution in [0, 0.1) is 5.41 Å². The minimum atomic E-state index is 0.118. The van der Waals surface area contributed by atoms with Gasteiger partial charge in [-0.1, -0.05) is 32.4 Å². The number of aliphatic hydroxyl groups excluding tert-OH is 1. The van der Waals surface area contributed by atoms with Crippen molar-refractivity contribution in [3.05, 3.63) is 29.3 Å². The molecule has 0 unspecified atom stereocenters. The van der Waals surface area contributed by atoms with Gasteiger partial charge in [-0.05, 0) is 47.8 Å². The Morgan fingerprint density at radius 3 is 2.50 bits per heavy atom. The molecule has 0 aromatic heterocycles. The highest BCUT2D eigenvalue weighted by atomic mass is 16.5. The summed E-state index contributed by atoms with van der Waals surface area (Å²) in [6, 6.07) is 6.50. The summed E-state index contributed by atoms with van der Waals surface area (Å²) in [7, 11) is 1.73. The number of rotatable bonds is 5. The van der Waals surface area contributed by atoms with E-state index in [1.54, 1.807) is 7.11 Å². The highest BCUT2D eigenvalue weighted by Gasteiger charge is 2.36. The van der Waals surface area contributed by atoms with Crippen LogP contribution in [0.5, 0.6) is 5.75 Å². The van der Waals surface area contributed by atoms with E-state index < -0.39 is 0 Å². The van der Waals surface area contributed by atoms with Crippen LogP contribution in [-0.4, -0.2) is 18.8 Å². The fourth-order valence-electron chi connectivity index (χ4n) is 2.74. The van der Waals surface area contributed by atoms with Crippen LogP contribution < -0.4 is 4.74 Å². The van der Waals surface area contributed by atoms with Gasteiger partial charge in [-0.15, -0.1) is 0 Å². The smallest absolute Gasteiger partial charge is 0.122 e. The van der Waals surface area contributed by atoms with Gasteiger partial charge >= 0.3 is 0 Å². The molecule has 2 nitrogen and oxygen atoms in total. The Hall–Kier alpha value is -1.02. The lowest BCUT2D eigenvalue weighted by Gasteiger charge is -2.40.